The minimum Gasteiger partial charge on any atom is -0.481 e. The number of hydrogen-bond donors (Lipinski definition) is 2. The van der Waals surface area contributed by atoms with E-state index >= 15 is 0 Å². The number of benzene rings is 1. The summed E-state index contributed by atoms with van der Waals surface area (Å²) in [6.07, 6.45) is 0.522. The molecule has 0 bridgehead atoms. The van der Waals surface area contributed by atoms with Gasteiger partial charge in [-0.3, -0.25) is 19.7 Å². The summed E-state index contributed by atoms with van der Waals surface area (Å²) >= 11 is 0. The van der Waals surface area contributed by atoms with Crippen LogP contribution in [0.15, 0.2) is 18.2 Å². The SMILES string of the molecule is O=C(O)CCCCC(=O)Nc1c(F)cccc1[N+](=O)[O-]. The molecule has 7 nitrogen and oxygen atoms in total. The van der Waals surface area contributed by atoms with E-state index in [1.165, 1.54) is 6.07 Å². The van der Waals surface area contributed by atoms with Crippen molar-refractivity contribution in [3.05, 3.63) is 34.1 Å². The molecule has 1 aromatic carbocycles. The van der Waals surface area contributed by atoms with E-state index in [1.54, 1.807) is 0 Å². The number of carboxylic acid groups (broad SMARTS) is 1. The van der Waals surface area contributed by atoms with Crippen LogP contribution < -0.4 is 5.32 Å². The van der Waals surface area contributed by atoms with E-state index in [1.807, 2.05) is 0 Å². The Kier molecular flexibility index (Phi) is 5.57. The van der Waals surface area contributed by atoms with Gasteiger partial charge in [-0.15, -0.1) is 0 Å². The number of carbonyl (C=O) groups excluding carboxylic acids is 1. The number of rotatable bonds is 7. The number of aliphatic carboxylic acids is 1. The first-order valence-corrected chi connectivity index (χ1v) is 5.86. The van der Waals surface area contributed by atoms with Crippen LogP contribution in [0.2, 0.25) is 0 Å². The normalized spacial score (nSPS) is 10.1. The average Bonchev–Trinajstić information content (AvgIpc) is 2.36. The van der Waals surface area contributed by atoms with Crippen molar-refractivity contribution in [1.82, 2.24) is 0 Å². The van der Waals surface area contributed by atoms with E-state index < -0.39 is 34.0 Å². The number of anilines is 1. The number of nitrogens with one attached hydrogen (secondary N) is 1. The zero-order valence-electron chi connectivity index (χ0n) is 10.5. The number of carbonyl (C=O) groups is 2. The second-order valence-electron chi connectivity index (χ2n) is 4.04. The third-order valence-electron chi connectivity index (χ3n) is 2.50. The van der Waals surface area contributed by atoms with Crippen LogP contribution in [-0.4, -0.2) is 21.9 Å². The van der Waals surface area contributed by atoms with Crippen LogP contribution in [0.3, 0.4) is 0 Å². The minimum absolute atomic E-state index is 0.0290. The lowest BCUT2D eigenvalue weighted by Crippen LogP contribution is -2.14. The third-order valence-corrected chi connectivity index (χ3v) is 2.50. The standard InChI is InChI=1S/C12H13FN2O5/c13-8-4-3-5-9(15(19)20)12(8)14-10(16)6-1-2-7-11(17)18/h3-5H,1-2,6-7H2,(H,14,16)(H,17,18). The Morgan fingerprint density at radius 1 is 1.30 bits per heavy atom. The highest BCUT2D eigenvalue weighted by Crippen LogP contribution is 2.27. The molecule has 20 heavy (non-hydrogen) atoms. The van der Waals surface area contributed by atoms with Crippen LogP contribution in [0, 0.1) is 15.9 Å². The zero-order chi connectivity index (χ0) is 15.1. The maximum Gasteiger partial charge on any atom is 0.303 e. The molecule has 2 N–H and O–H groups in total. The van der Waals surface area contributed by atoms with Gasteiger partial charge in [0.25, 0.3) is 5.69 Å². The fraction of sp³-hybridized carbons (Fsp3) is 0.333. The molecule has 1 rings (SSSR count). The van der Waals surface area contributed by atoms with E-state index in [0.717, 1.165) is 12.1 Å². The summed E-state index contributed by atoms with van der Waals surface area (Å²) in [4.78, 5) is 31.7. The molecule has 8 heteroatoms. The Labute approximate surface area is 113 Å². The molecule has 0 saturated carbocycles. The largest absolute Gasteiger partial charge is 0.481 e. The van der Waals surface area contributed by atoms with Gasteiger partial charge in [-0.25, -0.2) is 4.39 Å². The summed E-state index contributed by atoms with van der Waals surface area (Å²) < 4.78 is 13.5. The molecule has 1 aromatic rings. The molecule has 0 aliphatic heterocycles. The van der Waals surface area contributed by atoms with Crippen molar-refractivity contribution in [3.8, 4) is 0 Å². The third kappa shape index (κ3) is 4.63. The van der Waals surface area contributed by atoms with Crippen molar-refractivity contribution >= 4 is 23.3 Å². The number of nitro benzene ring substituents is 1. The molecular formula is C12H13FN2O5. The van der Waals surface area contributed by atoms with Gasteiger partial charge in [-0.05, 0) is 18.9 Å². The summed E-state index contributed by atoms with van der Waals surface area (Å²) in [5.74, 6) is -2.45. The molecule has 0 aliphatic rings. The van der Waals surface area contributed by atoms with Gasteiger partial charge in [0.1, 0.15) is 0 Å². The highest BCUT2D eigenvalue weighted by Gasteiger charge is 2.19. The van der Waals surface area contributed by atoms with Crippen LogP contribution in [0.1, 0.15) is 25.7 Å². The highest BCUT2D eigenvalue weighted by molar-refractivity contribution is 5.93. The summed E-state index contributed by atoms with van der Waals surface area (Å²) in [5, 5.41) is 21.3. The Morgan fingerprint density at radius 2 is 1.95 bits per heavy atom. The molecule has 0 radical (unpaired) electrons. The van der Waals surface area contributed by atoms with Gasteiger partial charge in [0.15, 0.2) is 11.5 Å². The van der Waals surface area contributed by atoms with Crippen LogP contribution in [-0.2, 0) is 9.59 Å². The van der Waals surface area contributed by atoms with Gasteiger partial charge < -0.3 is 10.4 Å². The van der Waals surface area contributed by atoms with Crippen LogP contribution >= 0.6 is 0 Å². The molecular weight excluding hydrogens is 271 g/mol. The van der Waals surface area contributed by atoms with Gasteiger partial charge in [0.2, 0.25) is 5.91 Å². The molecule has 0 saturated heterocycles. The number of carboxylic acids is 1. The first-order valence-electron chi connectivity index (χ1n) is 5.86. The van der Waals surface area contributed by atoms with E-state index in [4.69, 9.17) is 5.11 Å². The smallest absolute Gasteiger partial charge is 0.303 e. The van der Waals surface area contributed by atoms with Crippen molar-refractivity contribution in [2.45, 2.75) is 25.7 Å². The molecule has 0 fully saturated rings. The number of nitrogens with zero attached hydrogens (tertiary/aromatic N) is 1. The lowest BCUT2D eigenvalue weighted by Gasteiger charge is -2.06. The summed E-state index contributed by atoms with van der Waals surface area (Å²) in [6, 6.07) is 3.27. The summed E-state index contributed by atoms with van der Waals surface area (Å²) in [5.41, 5.74) is -0.996. The highest BCUT2D eigenvalue weighted by atomic mass is 19.1. The molecule has 0 aliphatic carbocycles. The van der Waals surface area contributed by atoms with E-state index in [0.29, 0.717) is 12.8 Å². The zero-order valence-corrected chi connectivity index (χ0v) is 10.5. The fourth-order valence-corrected chi connectivity index (χ4v) is 1.55. The van der Waals surface area contributed by atoms with E-state index in [-0.39, 0.29) is 12.8 Å². The first kappa shape index (κ1) is 15.5. The lowest BCUT2D eigenvalue weighted by atomic mass is 10.2. The van der Waals surface area contributed by atoms with Gasteiger partial charge in [-0.2, -0.15) is 0 Å². The number of halogens is 1. The Balaban J connectivity index is 2.62. The number of para-hydroxylation sites is 1. The average molecular weight is 284 g/mol. The molecule has 0 heterocycles. The van der Waals surface area contributed by atoms with Crippen LogP contribution in [0.25, 0.3) is 0 Å². The number of nitro groups is 1. The topological polar surface area (TPSA) is 110 Å². The van der Waals surface area contributed by atoms with Crippen molar-refractivity contribution < 1.29 is 24.0 Å². The molecule has 0 atom stereocenters. The first-order chi connectivity index (χ1) is 9.41. The Hall–Kier alpha value is -2.51. The van der Waals surface area contributed by atoms with Crippen molar-refractivity contribution in [2.75, 3.05) is 5.32 Å². The predicted octanol–water partition coefficient (Wildman–Crippen LogP) is 2.32. The second kappa shape index (κ2) is 7.17. The lowest BCUT2D eigenvalue weighted by molar-refractivity contribution is -0.384. The number of hydrogen-bond acceptors (Lipinski definition) is 4. The summed E-state index contributed by atoms with van der Waals surface area (Å²) in [6.45, 7) is 0. The Bertz CT molecular complexity index is 533. The number of unbranched alkanes of at least 4 members (excludes halogenated alkanes) is 1. The maximum absolute atomic E-state index is 13.5. The van der Waals surface area contributed by atoms with E-state index in [9.17, 15) is 24.1 Å². The van der Waals surface area contributed by atoms with Gasteiger partial charge >= 0.3 is 5.97 Å². The quantitative estimate of drug-likeness (QED) is 0.453. The second-order valence-corrected chi connectivity index (χ2v) is 4.04. The van der Waals surface area contributed by atoms with Crippen molar-refractivity contribution in [2.24, 2.45) is 0 Å². The van der Waals surface area contributed by atoms with Crippen LogP contribution in [0.5, 0.6) is 0 Å². The predicted molar refractivity (Wildman–Crippen MR) is 67.8 cm³/mol. The number of amides is 1. The molecule has 0 spiro atoms. The van der Waals surface area contributed by atoms with Gasteiger partial charge in [-0.1, -0.05) is 6.07 Å². The monoisotopic (exact) mass is 284 g/mol. The van der Waals surface area contributed by atoms with Crippen LogP contribution in [0.4, 0.5) is 15.8 Å². The molecule has 0 unspecified atom stereocenters. The fourth-order valence-electron chi connectivity index (χ4n) is 1.55. The van der Waals surface area contributed by atoms with Gasteiger partial charge in [0.05, 0.1) is 4.92 Å². The van der Waals surface area contributed by atoms with Crippen molar-refractivity contribution in [3.63, 3.8) is 0 Å². The maximum atomic E-state index is 13.5. The minimum atomic E-state index is -0.963. The summed E-state index contributed by atoms with van der Waals surface area (Å²) in [7, 11) is 0. The molecule has 0 aromatic heterocycles. The molecule has 108 valence electrons. The van der Waals surface area contributed by atoms with Gasteiger partial charge in [0, 0.05) is 18.9 Å². The Morgan fingerprint density at radius 3 is 2.55 bits per heavy atom. The molecule has 1 amide bonds. The van der Waals surface area contributed by atoms with E-state index in [2.05, 4.69) is 5.32 Å². The van der Waals surface area contributed by atoms with Crippen molar-refractivity contribution in [1.29, 1.82) is 0 Å².